The van der Waals surface area contributed by atoms with Crippen LogP contribution in [0.3, 0.4) is 0 Å². The molecule has 1 aliphatic rings. The highest BCUT2D eigenvalue weighted by atomic mass is 19.4. The van der Waals surface area contributed by atoms with E-state index in [4.69, 9.17) is 15.6 Å². The standard InChI is InChI=1S/C20H15F3N2O6/c21-20(22,23)13-7-11(8-14(24)18(27)28)3-6-15(13)30-12-4-1-10(2-5-12)9-16-17(26)25-19(29)31-16/h1-7,9,14H,8,24H2,(H,27,28)(H,25,26,29). The number of hydrogen-bond acceptors (Lipinski definition) is 6. The third kappa shape index (κ3) is 5.39. The molecule has 1 atom stereocenters. The second-order valence-corrected chi connectivity index (χ2v) is 6.50. The highest BCUT2D eigenvalue weighted by molar-refractivity contribution is 6.09. The maximum absolute atomic E-state index is 13.5. The summed E-state index contributed by atoms with van der Waals surface area (Å²) >= 11 is 0. The molecule has 1 fully saturated rings. The summed E-state index contributed by atoms with van der Waals surface area (Å²) in [4.78, 5) is 33.3. The first-order valence-corrected chi connectivity index (χ1v) is 8.74. The molecule has 0 spiro atoms. The van der Waals surface area contributed by atoms with Crippen LogP contribution in [0.5, 0.6) is 11.5 Å². The number of amides is 2. The Morgan fingerprint density at radius 2 is 1.87 bits per heavy atom. The first kappa shape index (κ1) is 21.8. The molecule has 0 aliphatic carbocycles. The molecule has 0 bridgehead atoms. The fourth-order valence-corrected chi connectivity index (χ4v) is 2.69. The molecule has 8 nitrogen and oxygen atoms in total. The fraction of sp³-hybridized carbons (Fsp3) is 0.150. The molecule has 2 aromatic carbocycles. The lowest BCUT2D eigenvalue weighted by Gasteiger charge is -2.16. The number of cyclic esters (lactones) is 1. The van der Waals surface area contributed by atoms with Gasteiger partial charge in [-0.15, -0.1) is 0 Å². The summed E-state index contributed by atoms with van der Waals surface area (Å²) in [7, 11) is 0. The van der Waals surface area contributed by atoms with Gasteiger partial charge < -0.3 is 20.3 Å². The van der Waals surface area contributed by atoms with E-state index >= 15 is 0 Å². The lowest BCUT2D eigenvalue weighted by Crippen LogP contribution is -2.32. The van der Waals surface area contributed by atoms with Crippen LogP contribution in [0.2, 0.25) is 0 Å². The van der Waals surface area contributed by atoms with Crippen molar-refractivity contribution in [2.45, 2.75) is 18.6 Å². The van der Waals surface area contributed by atoms with Crippen LogP contribution in [0, 0.1) is 0 Å². The van der Waals surface area contributed by atoms with Gasteiger partial charge in [0.1, 0.15) is 17.5 Å². The van der Waals surface area contributed by atoms with E-state index in [1.165, 1.54) is 36.4 Å². The highest BCUT2D eigenvalue weighted by Crippen LogP contribution is 2.39. The van der Waals surface area contributed by atoms with Gasteiger partial charge in [0.25, 0.3) is 5.91 Å². The van der Waals surface area contributed by atoms with Crippen LogP contribution >= 0.6 is 0 Å². The van der Waals surface area contributed by atoms with Gasteiger partial charge in [-0.3, -0.25) is 14.9 Å². The number of hydrogen-bond donors (Lipinski definition) is 3. The molecular weight excluding hydrogens is 421 g/mol. The minimum Gasteiger partial charge on any atom is -0.480 e. The molecular formula is C20H15F3N2O6. The normalized spacial score (nSPS) is 16.1. The van der Waals surface area contributed by atoms with Crippen molar-refractivity contribution in [3.05, 3.63) is 64.9 Å². The van der Waals surface area contributed by atoms with Crippen LogP contribution in [0.15, 0.2) is 48.2 Å². The minimum absolute atomic E-state index is 0.0792. The van der Waals surface area contributed by atoms with Crippen molar-refractivity contribution < 1.29 is 42.1 Å². The summed E-state index contributed by atoms with van der Waals surface area (Å²) in [6, 6.07) is 7.50. The molecule has 4 N–H and O–H groups in total. The Hall–Kier alpha value is -3.86. The first-order valence-electron chi connectivity index (χ1n) is 8.74. The van der Waals surface area contributed by atoms with Gasteiger partial charge in [0.05, 0.1) is 5.56 Å². The molecule has 11 heteroatoms. The lowest BCUT2D eigenvalue weighted by molar-refractivity contribution is -0.139. The molecule has 2 aromatic rings. The number of carbonyl (C=O) groups excluding carboxylic acids is 2. The maximum atomic E-state index is 13.5. The SMILES string of the molecule is NC(Cc1ccc(Oc2ccc(C=C3OC(=O)NC3=O)cc2)c(C(F)(F)F)c1)C(=O)O. The number of alkyl halides is 3. The topological polar surface area (TPSA) is 128 Å². The Morgan fingerprint density at radius 3 is 2.42 bits per heavy atom. The van der Waals surface area contributed by atoms with Crippen molar-refractivity contribution in [3.63, 3.8) is 0 Å². The van der Waals surface area contributed by atoms with E-state index in [1.54, 1.807) is 0 Å². The zero-order valence-corrected chi connectivity index (χ0v) is 15.6. The van der Waals surface area contributed by atoms with Gasteiger partial charge >= 0.3 is 18.2 Å². The van der Waals surface area contributed by atoms with E-state index in [0.29, 0.717) is 5.56 Å². The summed E-state index contributed by atoms with van der Waals surface area (Å²) < 4.78 is 50.4. The molecule has 31 heavy (non-hydrogen) atoms. The number of ether oxygens (including phenoxy) is 2. The largest absolute Gasteiger partial charge is 0.480 e. The van der Waals surface area contributed by atoms with Gasteiger partial charge in [-0.2, -0.15) is 13.2 Å². The number of alkyl carbamates (subject to hydrolysis) is 1. The minimum atomic E-state index is -4.75. The number of nitrogens with two attached hydrogens (primary N) is 1. The number of aliphatic carboxylic acids is 1. The monoisotopic (exact) mass is 436 g/mol. The van der Waals surface area contributed by atoms with Crippen molar-refractivity contribution in [1.29, 1.82) is 0 Å². The number of halogens is 3. The molecule has 2 amide bonds. The van der Waals surface area contributed by atoms with Gasteiger partial charge in [-0.1, -0.05) is 18.2 Å². The molecule has 1 saturated heterocycles. The number of carbonyl (C=O) groups is 3. The van der Waals surface area contributed by atoms with Crippen molar-refractivity contribution in [2.75, 3.05) is 0 Å². The number of carboxylic acid groups (broad SMARTS) is 1. The Kier molecular flexibility index (Phi) is 5.97. The van der Waals surface area contributed by atoms with Crippen LogP contribution in [0.1, 0.15) is 16.7 Å². The number of nitrogens with one attached hydrogen (secondary N) is 1. The van der Waals surface area contributed by atoms with Crippen molar-refractivity contribution in [1.82, 2.24) is 5.32 Å². The third-order valence-corrected chi connectivity index (χ3v) is 4.17. The van der Waals surface area contributed by atoms with E-state index in [0.717, 1.165) is 12.1 Å². The Morgan fingerprint density at radius 1 is 1.19 bits per heavy atom. The quantitative estimate of drug-likeness (QED) is 0.594. The van der Waals surface area contributed by atoms with Gasteiger partial charge in [0.2, 0.25) is 0 Å². The van der Waals surface area contributed by atoms with Crippen molar-refractivity contribution in [3.8, 4) is 11.5 Å². The predicted molar refractivity (Wildman–Crippen MR) is 99.9 cm³/mol. The molecule has 1 aliphatic heterocycles. The van der Waals surface area contributed by atoms with Crippen LogP contribution in [-0.4, -0.2) is 29.1 Å². The average Bonchev–Trinajstić information content (AvgIpc) is 3.00. The van der Waals surface area contributed by atoms with E-state index in [1.807, 2.05) is 5.32 Å². The van der Waals surface area contributed by atoms with E-state index < -0.39 is 41.5 Å². The summed E-state index contributed by atoms with van der Waals surface area (Å²) in [5, 5.41) is 10.8. The smallest absolute Gasteiger partial charge is 0.419 e. The zero-order valence-electron chi connectivity index (χ0n) is 15.6. The molecule has 0 radical (unpaired) electrons. The second kappa shape index (κ2) is 8.48. The van der Waals surface area contributed by atoms with Crippen LogP contribution < -0.4 is 15.8 Å². The van der Waals surface area contributed by atoms with Crippen molar-refractivity contribution in [2.24, 2.45) is 5.73 Å². The molecule has 3 rings (SSSR count). The van der Waals surface area contributed by atoms with Crippen LogP contribution in [0.25, 0.3) is 6.08 Å². The predicted octanol–water partition coefficient (Wildman–Crippen LogP) is 3.06. The summed E-state index contributed by atoms with van der Waals surface area (Å²) in [5.74, 6) is -2.64. The fourth-order valence-electron chi connectivity index (χ4n) is 2.69. The summed E-state index contributed by atoms with van der Waals surface area (Å²) in [6.07, 6.45) is -4.64. The van der Waals surface area contributed by atoms with E-state index in [9.17, 15) is 27.6 Å². The number of carboxylic acids is 1. The number of imide groups is 1. The molecule has 0 aromatic heterocycles. The summed E-state index contributed by atoms with van der Waals surface area (Å²) in [5.41, 5.74) is 4.85. The Balaban J connectivity index is 1.81. The first-order chi connectivity index (χ1) is 14.5. The molecule has 162 valence electrons. The van der Waals surface area contributed by atoms with Crippen molar-refractivity contribution >= 4 is 24.0 Å². The lowest BCUT2D eigenvalue weighted by atomic mass is 10.0. The summed E-state index contributed by atoms with van der Waals surface area (Å²) in [6.45, 7) is 0. The third-order valence-electron chi connectivity index (χ3n) is 4.17. The van der Waals surface area contributed by atoms with Gasteiger partial charge in [-0.05, 0) is 47.9 Å². The Labute approximate surface area is 173 Å². The highest BCUT2D eigenvalue weighted by Gasteiger charge is 2.35. The zero-order chi connectivity index (χ0) is 22.8. The second-order valence-electron chi connectivity index (χ2n) is 6.50. The van der Waals surface area contributed by atoms with Gasteiger partial charge in [-0.25, -0.2) is 4.79 Å². The molecule has 0 saturated carbocycles. The average molecular weight is 436 g/mol. The van der Waals surface area contributed by atoms with E-state index in [-0.39, 0.29) is 23.5 Å². The number of benzene rings is 2. The van der Waals surface area contributed by atoms with Gasteiger partial charge in [0, 0.05) is 0 Å². The van der Waals surface area contributed by atoms with Crippen LogP contribution in [-0.2, 0) is 26.9 Å². The molecule has 1 unspecified atom stereocenters. The molecule has 1 heterocycles. The van der Waals surface area contributed by atoms with Crippen LogP contribution in [0.4, 0.5) is 18.0 Å². The number of rotatable bonds is 6. The maximum Gasteiger partial charge on any atom is 0.419 e. The van der Waals surface area contributed by atoms with E-state index in [2.05, 4.69) is 4.74 Å². The Bertz CT molecular complexity index is 1060. The van der Waals surface area contributed by atoms with Gasteiger partial charge in [0.15, 0.2) is 5.76 Å².